The van der Waals surface area contributed by atoms with Crippen LogP contribution in [0, 0.1) is 0 Å². The lowest BCUT2D eigenvalue weighted by Crippen LogP contribution is -2.47. The molecule has 11 nitrogen and oxygen atoms in total. The first-order valence-electron chi connectivity index (χ1n) is 12.2. The molecule has 200 valence electrons. The van der Waals surface area contributed by atoms with Gasteiger partial charge in [-0.1, -0.05) is 41.6 Å². The van der Waals surface area contributed by atoms with Gasteiger partial charge in [-0.25, -0.2) is 13.4 Å². The van der Waals surface area contributed by atoms with Crippen molar-refractivity contribution in [2.24, 2.45) is 10.9 Å². The maximum Gasteiger partial charge on any atom is 0.233 e. The average molecular weight is 537 g/mol. The lowest BCUT2D eigenvalue weighted by molar-refractivity contribution is 0.236. The number of guanidine groups is 1. The number of pyridine rings is 1. The van der Waals surface area contributed by atoms with Gasteiger partial charge in [-0.2, -0.15) is 9.61 Å². The van der Waals surface area contributed by atoms with Crippen LogP contribution in [-0.2, 0) is 16.3 Å². The van der Waals surface area contributed by atoms with E-state index in [-0.39, 0.29) is 28.8 Å². The Morgan fingerprint density at radius 2 is 1.82 bits per heavy atom. The van der Waals surface area contributed by atoms with Crippen LogP contribution >= 0.6 is 0 Å². The molecule has 0 unspecified atom stereocenters. The molecule has 3 heterocycles. The number of anilines is 1. The van der Waals surface area contributed by atoms with E-state index in [1.807, 2.05) is 63.2 Å². The zero-order chi connectivity index (χ0) is 27.6. The van der Waals surface area contributed by atoms with Gasteiger partial charge in [0.2, 0.25) is 5.96 Å². The Bertz CT molecular complexity index is 1570. The SMILES string of the molecule is CC(C)N(C(N)=NO)[C@H](C)CCc1nc2c(-c3ccc(-c4ccccc4)nc3)cnn2c(N)c1S(C)(=O)=O. The lowest BCUT2D eigenvalue weighted by atomic mass is 10.1. The highest BCUT2D eigenvalue weighted by Gasteiger charge is 2.26. The number of oxime groups is 1. The van der Waals surface area contributed by atoms with Crippen LogP contribution in [0.5, 0.6) is 0 Å². The molecule has 1 aromatic carbocycles. The van der Waals surface area contributed by atoms with E-state index in [1.54, 1.807) is 17.3 Å². The number of fused-ring (bicyclic) bond motifs is 1. The second-order valence-electron chi connectivity index (χ2n) is 9.48. The van der Waals surface area contributed by atoms with E-state index in [4.69, 9.17) is 16.5 Å². The maximum absolute atomic E-state index is 12.8. The molecule has 0 aliphatic carbocycles. The topological polar surface area (TPSA) is 165 Å². The van der Waals surface area contributed by atoms with Crippen molar-refractivity contribution in [2.75, 3.05) is 12.0 Å². The molecule has 0 fully saturated rings. The summed E-state index contributed by atoms with van der Waals surface area (Å²) < 4.78 is 26.9. The molecule has 0 aliphatic rings. The number of nitrogens with two attached hydrogens (primary N) is 2. The molecular formula is C26H32N8O3S. The number of nitrogen functional groups attached to an aromatic ring is 1. The van der Waals surface area contributed by atoms with Gasteiger partial charge in [-0.05, 0) is 39.7 Å². The van der Waals surface area contributed by atoms with Crippen molar-refractivity contribution in [1.82, 2.24) is 24.5 Å². The first kappa shape index (κ1) is 26.9. The molecule has 4 aromatic rings. The molecular weight excluding hydrogens is 504 g/mol. The second kappa shape index (κ2) is 10.7. The minimum atomic E-state index is -3.72. The predicted octanol–water partition coefficient (Wildman–Crippen LogP) is 3.18. The minimum absolute atomic E-state index is 0.00239. The van der Waals surface area contributed by atoms with Crippen LogP contribution < -0.4 is 11.5 Å². The van der Waals surface area contributed by atoms with Gasteiger partial charge < -0.3 is 21.6 Å². The van der Waals surface area contributed by atoms with Crippen molar-refractivity contribution in [1.29, 1.82) is 0 Å². The fourth-order valence-electron chi connectivity index (χ4n) is 4.69. The third kappa shape index (κ3) is 5.25. The van der Waals surface area contributed by atoms with Crippen molar-refractivity contribution in [3.63, 3.8) is 0 Å². The van der Waals surface area contributed by atoms with Crippen LogP contribution in [0.1, 0.15) is 32.9 Å². The number of nitrogens with zero attached hydrogens (tertiary/aromatic N) is 6. The summed E-state index contributed by atoms with van der Waals surface area (Å²) in [7, 11) is -3.72. The first-order valence-corrected chi connectivity index (χ1v) is 14.1. The van der Waals surface area contributed by atoms with E-state index in [0.29, 0.717) is 29.7 Å². The van der Waals surface area contributed by atoms with Crippen LogP contribution in [0.2, 0.25) is 0 Å². The standard InChI is InChI=1S/C26H32N8O3S/c1-16(2)33(26(28)32-35)17(3)10-12-22-23(38(4,36)37)24(27)34-25(31-22)20(15-30-34)19-11-13-21(29-14-19)18-8-6-5-7-9-18/h5-9,11,13-17,35H,10,12,27H2,1-4H3,(H2,28,32)/t17-/m1/s1. The number of sulfone groups is 1. The molecule has 38 heavy (non-hydrogen) atoms. The molecule has 0 saturated heterocycles. The van der Waals surface area contributed by atoms with Crippen LogP contribution in [0.15, 0.2) is 64.9 Å². The molecule has 12 heteroatoms. The summed E-state index contributed by atoms with van der Waals surface area (Å²) in [4.78, 5) is 11.0. The summed E-state index contributed by atoms with van der Waals surface area (Å²) in [6.07, 6.45) is 5.22. The second-order valence-corrected chi connectivity index (χ2v) is 11.4. The van der Waals surface area contributed by atoms with Crippen molar-refractivity contribution in [3.8, 4) is 22.4 Å². The Balaban J connectivity index is 1.75. The number of hydrogen-bond acceptors (Lipinski definition) is 8. The van der Waals surface area contributed by atoms with Crippen LogP contribution in [0.25, 0.3) is 28.0 Å². The maximum atomic E-state index is 12.8. The predicted molar refractivity (Wildman–Crippen MR) is 147 cm³/mol. The highest BCUT2D eigenvalue weighted by Crippen LogP contribution is 2.31. The summed E-state index contributed by atoms with van der Waals surface area (Å²) in [6.45, 7) is 5.77. The molecule has 0 bridgehead atoms. The molecule has 1 atom stereocenters. The number of hydrogen-bond donors (Lipinski definition) is 3. The third-order valence-corrected chi connectivity index (χ3v) is 7.61. The van der Waals surface area contributed by atoms with Gasteiger partial charge in [-0.3, -0.25) is 4.98 Å². The van der Waals surface area contributed by atoms with Gasteiger partial charge in [-0.15, -0.1) is 0 Å². The molecule has 4 rings (SSSR count). The fourth-order valence-corrected chi connectivity index (χ4v) is 5.74. The highest BCUT2D eigenvalue weighted by molar-refractivity contribution is 7.91. The Hall–Kier alpha value is -4.19. The van der Waals surface area contributed by atoms with Crippen LogP contribution in [0.4, 0.5) is 5.82 Å². The Morgan fingerprint density at radius 3 is 2.39 bits per heavy atom. The van der Waals surface area contributed by atoms with Gasteiger partial charge in [0.05, 0.1) is 17.6 Å². The summed E-state index contributed by atoms with van der Waals surface area (Å²) in [5.41, 5.74) is 16.3. The summed E-state index contributed by atoms with van der Waals surface area (Å²) in [5, 5.41) is 16.7. The average Bonchev–Trinajstić information content (AvgIpc) is 3.31. The van der Waals surface area contributed by atoms with Gasteiger partial charge in [0.1, 0.15) is 10.7 Å². The van der Waals surface area contributed by atoms with E-state index in [0.717, 1.165) is 23.1 Å². The summed E-state index contributed by atoms with van der Waals surface area (Å²) >= 11 is 0. The van der Waals surface area contributed by atoms with Crippen molar-refractivity contribution in [3.05, 3.63) is 60.6 Å². The van der Waals surface area contributed by atoms with Gasteiger partial charge in [0, 0.05) is 41.2 Å². The number of rotatable bonds is 8. The number of benzene rings is 1. The first-order chi connectivity index (χ1) is 18.0. The van der Waals surface area contributed by atoms with E-state index < -0.39 is 9.84 Å². The molecule has 0 saturated carbocycles. The van der Waals surface area contributed by atoms with Crippen molar-refractivity contribution >= 4 is 27.3 Å². The largest absolute Gasteiger partial charge is 0.408 e. The third-order valence-electron chi connectivity index (χ3n) is 6.42. The lowest BCUT2D eigenvalue weighted by Gasteiger charge is -2.33. The van der Waals surface area contributed by atoms with Gasteiger partial charge >= 0.3 is 0 Å². The summed E-state index contributed by atoms with van der Waals surface area (Å²) in [6, 6.07) is 13.5. The zero-order valence-corrected chi connectivity index (χ0v) is 22.6. The van der Waals surface area contributed by atoms with E-state index in [9.17, 15) is 13.6 Å². The zero-order valence-electron chi connectivity index (χ0n) is 21.8. The van der Waals surface area contributed by atoms with E-state index >= 15 is 0 Å². The molecule has 3 aromatic heterocycles. The molecule has 0 aliphatic heterocycles. The highest BCUT2D eigenvalue weighted by atomic mass is 32.2. The Morgan fingerprint density at radius 1 is 1.11 bits per heavy atom. The van der Waals surface area contributed by atoms with Crippen LogP contribution in [-0.4, -0.2) is 62.4 Å². The Kier molecular flexibility index (Phi) is 7.53. The molecule has 5 N–H and O–H groups in total. The number of aryl methyl sites for hydroxylation is 1. The van der Waals surface area contributed by atoms with Crippen LogP contribution in [0.3, 0.4) is 0 Å². The fraction of sp³-hybridized carbons (Fsp3) is 0.308. The smallest absolute Gasteiger partial charge is 0.233 e. The quantitative estimate of drug-likeness (QED) is 0.133. The molecule has 0 radical (unpaired) electrons. The van der Waals surface area contributed by atoms with Gasteiger partial charge in [0.15, 0.2) is 15.5 Å². The molecule has 0 amide bonds. The molecule has 0 spiro atoms. The van der Waals surface area contributed by atoms with E-state index in [2.05, 4.69) is 15.2 Å². The minimum Gasteiger partial charge on any atom is -0.408 e. The van der Waals surface area contributed by atoms with Gasteiger partial charge in [0.25, 0.3) is 0 Å². The summed E-state index contributed by atoms with van der Waals surface area (Å²) in [5.74, 6) is -0.0132. The van der Waals surface area contributed by atoms with E-state index in [1.165, 1.54) is 4.52 Å². The van der Waals surface area contributed by atoms with Crippen molar-refractivity contribution in [2.45, 2.75) is 50.6 Å². The Labute approximate surface area is 221 Å². The normalized spacial score (nSPS) is 13.2. The van der Waals surface area contributed by atoms with Crippen molar-refractivity contribution < 1.29 is 13.6 Å². The number of aromatic nitrogens is 4. The monoisotopic (exact) mass is 536 g/mol.